The zero-order chi connectivity index (χ0) is 17.3. The predicted octanol–water partition coefficient (Wildman–Crippen LogP) is 2.38. The summed E-state index contributed by atoms with van der Waals surface area (Å²) in [4.78, 5) is 13.7. The Kier molecular flexibility index (Phi) is 4.41. The maximum absolute atomic E-state index is 11.8. The molecule has 0 saturated carbocycles. The van der Waals surface area contributed by atoms with Crippen LogP contribution in [-0.4, -0.2) is 45.6 Å². The second kappa shape index (κ2) is 6.36. The number of rotatable bonds is 4. The number of nitrogens with zero attached hydrogens (tertiary/aromatic N) is 3. The van der Waals surface area contributed by atoms with Crippen molar-refractivity contribution in [3.8, 4) is 0 Å². The van der Waals surface area contributed by atoms with Gasteiger partial charge in [-0.2, -0.15) is 5.10 Å². The fourth-order valence-corrected chi connectivity index (χ4v) is 3.72. The Morgan fingerprint density at radius 2 is 2.04 bits per heavy atom. The van der Waals surface area contributed by atoms with Crippen molar-refractivity contribution in [3.63, 3.8) is 0 Å². The molecule has 1 fully saturated rings. The minimum absolute atomic E-state index is 0.258. The number of hydrogen-bond donors (Lipinski definition) is 2. The highest BCUT2D eigenvalue weighted by Crippen LogP contribution is 2.39. The van der Waals surface area contributed by atoms with Gasteiger partial charge in [-0.15, -0.1) is 5.10 Å². The van der Waals surface area contributed by atoms with E-state index in [-0.39, 0.29) is 6.54 Å². The van der Waals surface area contributed by atoms with Gasteiger partial charge < -0.3 is 15.1 Å². The molecule has 6 nitrogen and oxygen atoms in total. The van der Waals surface area contributed by atoms with Gasteiger partial charge in [0, 0.05) is 23.9 Å². The van der Waals surface area contributed by atoms with Crippen LogP contribution in [0.25, 0.3) is 10.8 Å². The number of carbonyl (C=O) groups is 1. The fraction of sp³-hybridized carbons (Fsp3) is 0.500. The zero-order valence-electron chi connectivity index (χ0n) is 14.1. The molecule has 0 radical (unpaired) electrons. The molecule has 2 atom stereocenters. The number of aliphatic carboxylic acids is 1. The molecule has 1 saturated heterocycles. The molecule has 0 amide bonds. The molecule has 128 valence electrons. The lowest BCUT2D eigenvalue weighted by Crippen LogP contribution is -2.55. The van der Waals surface area contributed by atoms with E-state index in [1.807, 2.05) is 43.0 Å². The van der Waals surface area contributed by atoms with Crippen molar-refractivity contribution in [1.29, 1.82) is 0 Å². The lowest BCUT2D eigenvalue weighted by atomic mass is 9.73. The van der Waals surface area contributed by atoms with Crippen LogP contribution in [0.2, 0.25) is 0 Å². The Hall–Kier alpha value is -2.21. The molecule has 1 aromatic heterocycles. The Balaban J connectivity index is 1.94. The number of aromatic nitrogens is 2. The number of carboxylic acids is 1. The smallest absolute Gasteiger partial charge is 0.312 e. The van der Waals surface area contributed by atoms with Gasteiger partial charge in [0.25, 0.3) is 0 Å². The molecular weight excluding hydrogens is 306 g/mol. The Morgan fingerprint density at radius 1 is 1.33 bits per heavy atom. The second-order valence-corrected chi connectivity index (χ2v) is 6.58. The van der Waals surface area contributed by atoms with E-state index >= 15 is 0 Å². The summed E-state index contributed by atoms with van der Waals surface area (Å²) in [7, 11) is 0. The molecule has 1 aliphatic heterocycles. The predicted molar refractivity (Wildman–Crippen MR) is 92.1 cm³/mol. The standard InChI is InChI=1S/C18H23N3O3/c1-3-8-18(17(23)24)9-10-21(11-15(18)22)16-14-7-5-4-6-13(14)12(2)19-20-16/h4-7,15,22H,3,8-11H2,1-2H3,(H,23,24)/t15-,18-/m0/s1. The molecule has 0 unspecified atom stereocenters. The molecule has 24 heavy (non-hydrogen) atoms. The van der Waals surface area contributed by atoms with E-state index in [2.05, 4.69) is 10.2 Å². The number of benzene rings is 1. The number of aryl methyl sites for hydroxylation is 1. The summed E-state index contributed by atoms with van der Waals surface area (Å²) in [6.45, 7) is 4.67. The van der Waals surface area contributed by atoms with Crippen molar-refractivity contribution in [3.05, 3.63) is 30.0 Å². The largest absolute Gasteiger partial charge is 0.481 e. The Morgan fingerprint density at radius 3 is 2.67 bits per heavy atom. The number of anilines is 1. The number of aliphatic hydroxyl groups is 1. The first kappa shape index (κ1) is 16.6. The summed E-state index contributed by atoms with van der Waals surface area (Å²) in [5.41, 5.74) is -0.197. The monoisotopic (exact) mass is 329 g/mol. The molecule has 6 heteroatoms. The summed E-state index contributed by atoms with van der Waals surface area (Å²) in [6.07, 6.45) is 0.695. The van der Waals surface area contributed by atoms with Crippen LogP contribution in [0.4, 0.5) is 5.82 Å². The second-order valence-electron chi connectivity index (χ2n) is 6.58. The summed E-state index contributed by atoms with van der Waals surface area (Å²) in [5.74, 6) is -0.193. The van der Waals surface area contributed by atoms with Crippen LogP contribution in [0.1, 0.15) is 31.9 Å². The molecule has 0 aliphatic carbocycles. The van der Waals surface area contributed by atoms with Gasteiger partial charge in [0.05, 0.1) is 17.2 Å². The van der Waals surface area contributed by atoms with E-state index in [0.717, 1.165) is 22.9 Å². The van der Waals surface area contributed by atoms with Crippen molar-refractivity contribution in [1.82, 2.24) is 10.2 Å². The number of piperidine rings is 1. The third-order valence-corrected chi connectivity index (χ3v) is 5.13. The van der Waals surface area contributed by atoms with Gasteiger partial charge in [-0.3, -0.25) is 4.79 Å². The van der Waals surface area contributed by atoms with Gasteiger partial charge in [-0.1, -0.05) is 37.6 Å². The molecule has 0 spiro atoms. The highest BCUT2D eigenvalue weighted by Gasteiger charge is 2.48. The van der Waals surface area contributed by atoms with Crippen LogP contribution >= 0.6 is 0 Å². The van der Waals surface area contributed by atoms with Crippen LogP contribution < -0.4 is 4.90 Å². The first-order chi connectivity index (χ1) is 11.5. The summed E-state index contributed by atoms with van der Waals surface area (Å²) in [5, 5.41) is 30.8. The van der Waals surface area contributed by atoms with Crippen LogP contribution in [0.15, 0.2) is 24.3 Å². The van der Waals surface area contributed by atoms with Gasteiger partial charge in [0.1, 0.15) is 0 Å². The average molecular weight is 329 g/mol. The van der Waals surface area contributed by atoms with Crippen molar-refractivity contribution in [2.45, 2.75) is 39.2 Å². The summed E-state index contributed by atoms with van der Waals surface area (Å²) < 4.78 is 0. The highest BCUT2D eigenvalue weighted by atomic mass is 16.4. The van der Waals surface area contributed by atoms with E-state index in [1.54, 1.807) is 0 Å². The van der Waals surface area contributed by atoms with Crippen LogP contribution in [0.5, 0.6) is 0 Å². The fourth-order valence-electron chi connectivity index (χ4n) is 3.72. The van der Waals surface area contributed by atoms with Crippen molar-refractivity contribution >= 4 is 22.6 Å². The Labute approximate surface area is 141 Å². The molecule has 0 bridgehead atoms. The summed E-state index contributed by atoms with van der Waals surface area (Å²) >= 11 is 0. The lowest BCUT2D eigenvalue weighted by molar-refractivity contribution is -0.159. The lowest BCUT2D eigenvalue weighted by Gasteiger charge is -2.43. The molecular formula is C18H23N3O3. The molecule has 1 aromatic carbocycles. The van der Waals surface area contributed by atoms with Crippen LogP contribution in [0, 0.1) is 12.3 Å². The first-order valence-corrected chi connectivity index (χ1v) is 8.38. The minimum Gasteiger partial charge on any atom is -0.481 e. The highest BCUT2D eigenvalue weighted by molar-refractivity contribution is 5.93. The number of aliphatic hydroxyl groups excluding tert-OH is 1. The van der Waals surface area contributed by atoms with Gasteiger partial charge in [0.15, 0.2) is 5.82 Å². The number of carboxylic acid groups (broad SMARTS) is 1. The average Bonchev–Trinajstić information content (AvgIpc) is 2.57. The molecule has 1 aliphatic rings. The minimum atomic E-state index is -1.06. The third kappa shape index (κ3) is 2.60. The molecule has 2 aromatic rings. The van der Waals surface area contributed by atoms with E-state index in [9.17, 15) is 15.0 Å². The normalized spacial score (nSPS) is 24.3. The Bertz CT molecular complexity index is 764. The van der Waals surface area contributed by atoms with Crippen molar-refractivity contribution < 1.29 is 15.0 Å². The quantitative estimate of drug-likeness (QED) is 0.895. The van der Waals surface area contributed by atoms with Gasteiger partial charge >= 0.3 is 5.97 Å². The molecule has 2 N–H and O–H groups in total. The van der Waals surface area contributed by atoms with E-state index in [1.165, 1.54) is 0 Å². The van der Waals surface area contributed by atoms with Gasteiger partial charge in [-0.05, 0) is 19.8 Å². The van der Waals surface area contributed by atoms with Crippen molar-refractivity contribution in [2.24, 2.45) is 5.41 Å². The van der Waals surface area contributed by atoms with E-state index in [0.29, 0.717) is 25.2 Å². The van der Waals surface area contributed by atoms with Crippen LogP contribution in [-0.2, 0) is 4.79 Å². The zero-order valence-corrected chi connectivity index (χ0v) is 14.1. The van der Waals surface area contributed by atoms with E-state index in [4.69, 9.17) is 0 Å². The third-order valence-electron chi connectivity index (χ3n) is 5.13. The van der Waals surface area contributed by atoms with E-state index < -0.39 is 17.5 Å². The van der Waals surface area contributed by atoms with Gasteiger partial charge in [0.2, 0.25) is 0 Å². The maximum Gasteiger partial charge on any atom is 0.312 e. The topological polar surface area (TPSA) is 86.5 Å². The SMILES string of the molecule is CCC[C@]1(C(=O)O)CCN(c2nnc(C)c3ccccc23)C[C@@H]1O. The molecule has 3 rings (SSSR count). The number of β-amino-alcohol motifs (C(OH)–C–C–N with tert-alkyl or cyclic N) is 1. The van der Waals surface area contributed by atoms with Gasteiger partial charge in [-0.25, -0.2) is 0 Å². The van der Waals surface area contributed by atoms with Crippen LogP contribution in [0.3, 0.4) is 0 Å². The van der Waals surface area contributed by atoms with Crippen molar-refractivity contribution in [2.75, 3.05) is 18.0 Å². The summed E-state index contributed by atoms with van der Waals surface area (Å²) in [6, 6.07) is 7.90. The number of hydrogen-bond acceptors (Lipinski definition) is 5. The maximum atomic E-state index is 11.8. The first-order valence-electron chi connectivity index (χ1n) is 8.38. The number of fused-ring (bicyclic) bond motifs is 1. The molecule has 2 heterocycles.